The van der Waals surface area contributed by atoms with Crippen LogP contribution in [0.3, 0.4) is 0 Å². The van der Waals surface area contributed by atoms with Crippen LogP contribution in [0.15, 0.2) is 18.2 Å². The second-order valence-corrected chi connectivity index (χ2v) is 6.04. The molecular formula is C15H23NO2. The maximum atomic E-state index is 5.69. The van der Waals surface area contributed by atoms with E-state index in [9.17, 15) is 0 Å². The Labute approximate surface area is 109 Å². The highest BCUT2D eigenvalue weighted by Crippen LogP contribution is 2.35. The van der Waals surface area contributed by atoms with Crippen LogP contribution in [-0.2, 0) is 0 Å². The van der Waals surface area contributed by atoms with Crippen LogP contribution in [0.25, 0.3) is 0 Å². The van der Waals surface area contributed by atoms with Crippen LogP contribution in [0.2, 0.25) is 0 Å². The van der Waals surface area contributed by atoms with E-state index in [1.54, 1.807) is 7.11 Å². The van der Waals surface area contributed by atoms with Crippen LogP contribution in [0.1, 0.15) is 38.8 Å². The third-order valence-corrected chi connectivity index (χ3v) is 3.14. The summed E-state index contributed by atoms with van der Waals surface area (Å²) in [4.78, 5) is 0. The molecule has 3 nitrogen and oxygen atoms in total. The molecule has 1 aromatic carbocycles. The monoisotopic (exact) mass is 249 g/mol. The Bertz CT molecular complexity index is 409. The Morgan fingerprint density at radius 3 is 2.83 bits per heavy atom. The summed E-state index contributed by atoms with van der Waals surface area (Å²) in [5.74, 6) is 1.87. The van der Waals surface area contributed by atoms with Crippen molar-refractivity contribution in [1.29, 1.82) is 0 Å². The molecule has 0 saturated carbocycles. The molecular weight excluding hydrogens is 226 g/mol. The summed E-state index contributed by atoms with van der Waals surface area (Å²) >= 11 is 0. The van der Waals surface area contributed by atoms with Crippen molar-refractivity contribution >= 4 is 0 Å². The van der Waals surface area contributed by atoms with E-state index < -0.39 is 0 Å². The molecule has 1 aromatic rings. The molecule has 0 amide bonds. The minimum Gasteiger partial charge on any atom is -0.497 e. The van der Waals surface area contributed by atoms with E-state index in [0.29, 0.717) is 6.04 Å². The average molecular weight is 249 g/mol. The van der Waals surface area contributed by atoms with Gasteiger partial charge in [-0.2, -0.15) is 0 Å². The summed E-state index contributed by atoms with van der Waals surface area (Å²) < 4.78 is 11.0. The van der Waals surface area contributed by atoms with Gasteiger partial charge in [-0.25, -0.2) is 0 Å². The Hall–Kier alpha value is -1.22. The van der Waals surface area contributed by atoms with Crippen LogP contribution >= 0.6 is 0 Å². The number of ether oxygens (including phenoxy) is 2. The summed E-state index contributed by atoms with van der Waals surface area (Å²) in [7, 11) is 1.70. The fraction of sp³-hybridized carbons (Fsp3) is 0.600. The van der Waals surface area contributed by atoms with Crippen LogP contribution < -0.4 is 14.8 Å². The molecule has 0 saturated heterocycles. The predicted octanol–water partition coefficient (Wildman–Crippen LogP) is 3.15. The van der Waals surface area contributed by atoms with E-state index in [4.69, 9.17) is 9.47 Å². The third-order valence-electron chi connectivity index (χ3n) is 3.14. The number of hydrogen-bond acceptors (Lipinski definition) is 3. The lowest BCUT2D eigenvalue weighted by Crippen LogP contribution is -2.33. The molecule has 1 aliphatic rings. The topological polar surface area (TPSA) is 30.5 Å². The van der Waals surface area contributed by atoms with Gasteiger partial charge in [0.05, 0.1) is 13.7 Å². The summed E-state index contributed by atoms with van der Waals surface area (Å²) in [5, 5.41) is 3.63. The number of methoxy groups -OCH3 is 1. The maximum Gasteiger partial charge on any atom is 0.124 e. The molecule has 100 valence electrons. The quantitative estimate of drug-likeness (QED) is 0.892. The molecule has 0 fully saturated rings. The molecule has 0 radical (unpaired) electrons. The van der Waals surface area contributed by atoms with Crippen molar-refractivity contribution in [3.63, 3.8) is 0 Å². The Morgan fingerprint density at radius 1 is 1.39 bits per heavy atom. The van der Waals surface area contributed by atoms with Gasteiger partial charge in [0, 0.05) is 24.6 Å². The number of fused-ring (bicyclic) bond motifs is 1. The fourth-order valence-electron chi connectivity index (χ4n) is 2.14. The third kappa shape index (κ3) is 3.16. The van der Waals surface area contributed by atoms with Gasteiger partial charge in [-0.1, -0.05) is 20.8 Å². The SMILES string of the molecule is COc1ccc2c(c1)C(NCC(C)(C)C)CCO2. The van der Waals surface area contributed by atoms with Crippen molar-refractivity contribution in [2.24, 2.45) is 5.41 Å². The van der Waals surface area contributed by atoms with Gasteiger partial charge >= 0.3 is 0 Å². The Balaban J connectivity index is 2.15. The van der Waals surface area contributed by atoms with Crippen molar-refractivity contribution in [1.82, 2.24) is 5.32 Å². The minimum atomic E-state index is 0.289. The van der Waals surface area contributed by atoms with Crippen LogP contribution in [0.4, 0.5) is 0 Å². The summed E-state index contributed by atoms with van der Waals surface area (Å²) in [6, 6.07) is 6.39. The molecule has 1 heterocycles. The van der Waals surface area contributed by atoms with E-state index in [0.717, 1.165) is 31.1 Å². The van der Waals surface area contributed by atoms with Crippen molar-refractivity contribution in [2.45, 2.75) is 33.2 Å². The smallest absolute Gasteiger partial charge is 0.124 e. The molecule has 1 atom stereocenters. The standard InChI is InChI=1S/C15H23NO2/c1-15(2,3)10-16-13-7-8-18-14-6-5-11(17-4)9-12(13)14/h5-6,9,13,16H,7-8,10H2,1-4H3. The van der Waals surface area contributed by atoms with Crippen LogP contribution in [-0.4, -0.2) is 20.3 Å². The highest BCUT2D eigenvalue weighted by Gasteiger charge is 2.23. The molecule has 0 aromatic heterocycles. The second kappa shape index (κ2) is 5.19. The first-order valence-corrected chi connectivity index (χ1v) is 6.54. The Kier molecular flexibility index (Phi) is 3.81. The first-order valence-electron chi connectivity index (χ1n) is 6.54. The lowest BCUT2D eigenvalue weighted by molar-refractivity contribution is 0.239. The summed E-state index contributed by atoms with van der Waals surface area (Å²) in [6.45, 7) is 8.50. The van der Waals surface area contributed by atoms with Crippen LogP contribution in [0, 0.1) is 5.41 Å². The van der Waals surface area contributed by atoms with Gasteiger partial charge in [0.2, 0.25) is 0 Å². The molecule has 0 spiro atoms. The van der Waals surface area contributed by atoms with Crippen molar-refractivity contribution in [2.75, 3.05) is 20.3 Å². The molecule has 1 N–H and O–H groups in total. The van der Waals surface area contributed by atoms with Gasteiger partial charge in [0.15, 0.2) is 0 Å². The number of benzene rings is 1. The molecule has 18 heavy (non-hydrogen) atoms. The molecule has 1 unspecified atom stereocenters. The van der Waals surface area contributed by atoms with Crippen molar-refractivity contribution in [3.8, 4) is 11.5 Å². The van der Waals surface area contributed by atoms with Gasteiger partial charge in [-0.05, 0) is 23.6 Å². The molecule has 0 aliphatic carbocycles. The lowest BCUT2D eigenvalue weighted by Gasteiger charge is -2.30. The largest absolute Gasteiger partial charge is 0.497 e. The zero-order chi connectivity index (χ0) is 13.2. The lowest BCUT2D eigenvalue weighted by atomic mass is 9.94. The highest BCUT2D eigenvalue weighted by molar-refractivity contribution is 5.43. The van der Waals surface area contributed by atoms with Crippen molar-refractivity contribution < 1.29 is 9.47 Å². The number of rotatable bonds is 3. The Morgan fingerprint density at radius 2 is 2.17 bits per heavy atom. The van der Waals surface area contributed by atoms with E-state index in [1.807, 2.05) is 12.1 Å². The van der Waals surface area contributed by atoms with E-state index in [-0.39, 0.29) is 5.41 Å². The van der Waals surface area contributed by atoms with Gasteiger partial charge in [-0.3, -0.25) is 0 Å². The van der Waals surface area contributed by atoms with Gasteiger partial charge in [0.1, 0.15) is 11.5 Å². The van der Waals surface area contributed by atoms with Gasteiger partial charge in [0.25, 0.3) is 0 Å². The zero-order valence-electron chi connectivity index (χ0n) is 11.7. The first kappa shape index (κ1) is 13.2. The molecule has 3 heteroatoms. The number of hydrogen-bond donors (Lipinski definition) is 1. The zero-order valence-corrected chi connectivity index (χ0v) is 11.7. The van der Waals surface area contributed by atoms with E-state index in [1.165, 1.54) is 5.56 Å². The number of nitrogens with one attached hydrogen (secondary N) is 1. The van der Waals surface area contributed by atoms with Gasteiger partial charge in [-0.15, -0.1) is 0 Å². The molecule has 2 rings (SSSR count). The van der Waals surface area contributed by atoms with Crippen molar-refractivity contribution in [3.05, 3.63) is 23.8 Å². The van der Waals surface area contributed by atoms with E-state index >= 15 is 0 Å². The molecule has 0 bridgehead atoms. The second-order valence-electron chi connectivity index (χ2n) is 6.04. The first-order chi connectivity index (χ1) is 8.49. The summed E-state index contributed by atoms with van der Waals surface area (Å²) in [5.41, 5.74) is 1.50. The minimum absolute atomic E-state index is 0.289. The predicted molar refractivity (Wildman–Crippen MR) is 73.3 cm³/mol. The summed E-state index contributed by atoms with van der Waals surface area (Å²) in [6.07, 6.45) is 1.01. The maximum absolute atomic E-state index is 5.69. The highest BCUT2D eigenvalue weighted by atomic mass is 16.5. The normalized spacial score (nSPS) is 19.0. The fourth-order valence-corrected chi connectivity index (χ4v) is 2.14. The van der Waals surface area contributed by atoms with Crippen LogP contribution in [0.5, 0.6) is 11.5 Å². The van der Waals surface area contributed by atoms with E-state index in [2.05, 4.69) is 32.2 Å². The average Bonchev–Trinajstić information content (AvgIpc) is 2.34. The molecule has 1 aliphatic heterocycles. The van der Waals surface area contributed by atoms with Gasteiger partial charge < -0.3 is 14.8 Å².